The van der Waals surface area contributed by atoms with Gasteiger partial charge in [-0.3, -0.25) is 0 Å². The number of nitrogens with zero attached hydrogens (tertiary/aromatic N) is 1. The Kier molecular flexibility index (Phi) is 2.96. The first-order valence-electron chi connectivity index (χ1n) is 5.69. The minimum atomic E-state index is 0.139. The van der Waals surface area contributed by atoms with Crippen LogP contribution in [0.15, 0.2) is 18.2 Å². The van der Waals surface area contributed by atoms with Crippen molar-refractivity contribution >= 4 is 5.69 Å². The summed E-state index contributed by atoms with van der Waals surface area (Å²) in [5, 5.41) is 9.36. The number of aliphatic hydroxyl groups is 1. The van der Waals surface area contributed by atoms with E-state index >= 15 is 0 Å². The normalized spacial score (nSPS) is 21.0. The van der Waals surface area contributed by atoms with Crippen LogP contribution in [0.25, 0.3) is 0 Å². The number of benzene rings is 1. The number of aliphatic hydroxyl groups excluding tert-OH is 1. The first-order chi connectivity index (χ1) is 7.22. The van der Waals surface area contributed by atoms with E-state index in [1.807, 2.05) is 0 Å². The van der Waals surface area contributed by atoms with Crippen LogP contribution >= 0.6 is 0 Å². The SMILES string of the molecule is Cc1ccc(N2CCCC2C)c(CO)c1. The van der Waals surface area contributed by atoms with Crippen LogP contribution in [0.1, 0.15) is 30.9 Å². The summed E-state index contributed by atoms with van der Waals surface area (Å²) in [5.74, 6) is 0. The molecule has 0 amide bonds. The van der Waals surface area contributed by atoms with Crippen molar-refractivity contribution in [3.05, 3.63) is 29.3 Å². The fourth-order valence-electron chi connectivity index (χ4n) is 2.41. The molecule has 1 aromatic rings. The molecular weight excluding hydrogens is 186 g/mol. The van der Waals surface area contributed by atoms with Crippen LogP contribution in [0.5, 0.6) is 0 Å². The number of anilines is 1. The molecule has 2 rings (SSSR count). The monoisotopic (exact) mass is 205 g/mol. The highest BCUT2D eigenvalue weighted by Crippen LogP contribution is 2.29. The zero-order valence-electron chi connectivity index (χ0n) is 9.53. The maximum absolute atomic E-state index is 9.36. The minimum absolute atomic E-state index is 0.139. The molecule has 0 aliphatic carbocycles. The zero-order valence-corrected chi connectivity index (χ0v) is 9.53. The Morgan fingerprint density at radius 3 is 2.87 bits per heavy atom. The van der Waals surface area contributed by atoms with E-state index < -0.39 is 0 Å². The Hall–Kier alpha value is -1.02. The summed E-state index contributed by atoms with van der Waals surface area (Å²) in [5.41, 5.74) is 3.49. The van der Waals surface area contributed by atoms with Gasteiger partial charge in [-0.05, 0) is 32.8 Å². The molecule has 0 radical (unpaired) electrons. The fourth-order valence-corrected chi connectivity index (χ4v) is 2.41. The van der Waals surface area contributed by atoms with Gasteiger partial charge in [0.05, 0.1) is 6.61 Å². The van der Waals surface area contributed by atoms with Crippen molar-refractivity contribution in [2.75, 3.05) is 11.4 Å². The number of hydrogen-bond acceptors (Lipinski definition) is 2. The predicted octanol–water partition coefficient (Wildman–Crippen LogP) is 2.48. The molecule has 0 spiro atoms. The van der Waals surface area contributed by atoms with Crippen LogP contribution < -0.4 is 4.90 Å². The van der Waals surface area contributed by atoms with Gasteiger partial charge in [-0.15, -0.1) is 0 Å². The molecule has 1 atom stereocenters. The van der Waals surface area contributed by atoms with E-state index in [9.17, 15) is 5.11 Å². The maximum Gasteiger partial charge on any atom is 0.0702 e. The van der Waals surface area contributed by atoms with E-state index in [-0.39, 0.29) is 6.61 Å². The van der Waals surface area contributed by atoms with Crippen LogP contribution in [0.4, 0.5) is 5.69 Å². The van der Waals surface area contributed by atoms with Crippen molar-refractivity contribution < 1.29 is 5.11 Å². The summed E-state index contributed by atoms with van der Waals surface area (Å²) in [4.78, 5) is 2.41. The molecule has 1 heterocycles. The second-order valence-electron chi connectivity index (χ2n) is 4.47. The van der Waals surface area contributed by atoms with Gasteiger partial charge in [0.2, 0.25) is 0 Å². The number of aryl methyl sites for hydroxylation is 1. The van der Waals surface area contributed by atoms with E-state index in [0.717, 1.165) is 12.1 Å². The Labute approximate surface area is 91.5 Å². The lowest BCUT2D eigenvalue weighted by Crippen LogP contribution is -2.27. The van der Waals surface area contributed by atoms with Crippen molar-refractivity contribution in [2.45, 2.75) is 39.3 Å². The smallest absolute Gasteiger partial charge is 0.0702 e. The maximum atomic E-state index is 9.36. The lowest BCUT2D eigenvalue weighted by Gasteiger charge is -2.26. The molecule has 0 aromatic heterocycles. The summed E-state index contributed by atoms with van der Waals surface area (Å²) in [6, 6.07) is 6.96. The Morgan fingerprint density at radius 1 is 1.47 bits per heavy atom. The van der Waals surface area contributed by atoms with Crippen LogP contribution in [0.3, 0.4) is 0 Å². The van der Waals surface area contributed by atoms with E-state index in [1.165, 1.54) is 24.1 Å². The standard InChI is InChI=1S/C13H19NO/c1-10-5-6-13(12(8-10)9-15)14-7-3-4-11(14)2/h5-6,8,11,15H,3-4,7,9H2,1-2H3. The average molecular weight is 205 g/mol. The van der Waals surface area contributed by atoms with E-state index in [2.05, 4.69) is 36.9 Å². The highest BCUT2D eigenvalue weighted by molar-refractivity contribution is 5.56. The summed E-state index contributed by atoms with van der Waals surface area (Å²) in [6.07, 6.45) is 2.53. The molecule has 0 bridgehead atoms. The molecule has 1 aliphatic heterocycles. The average Bonchev–Trinajstić information content (AvgIpc) is 2.64. The highest BCUT2D eigenvalue weighted by atomic mass is 16.3. The topological polar surface area (TPSA) is 23.5 Å². The van der Waals surface area contributed by atoms with Crippen molar-refractivity contribution in [1.29, 1.82) is 0 Å². The van der Waals surface area contributed by atoms with Gasteiger partial charge in [-0.25, -0.2) is 0 Å². The highest BCUT2D eigenvalue weighted by Gasteiger charge is 2.22. The van der Waals surface area contributed by atoms with Crippen molar-refractivity contribution in [3.63, 3.8) is 0 Å². The Morgan fingerprint density at radius 2 is 2.27 bits per heavy atom. The molecule has 2 heteroatoms. The van der Waals surface area contributed by atoms with Gasteiger partial charge in [0.15, 0.2) is 0 Å². The van der Waals surface area contributed by atoms with Gasteiger partial charge in [0, 0.05) is 23.8 Å². The van der Waals surface area contributed by atoms with Gasteiger partial charge >= 0.3 is 0 Å². The summed E-state index contributed by atoms with van der Waals surface area (Å²) < 4.78 is 0. The summed E-state index contributed by atoms with van der Waals surface area (Å²) in [6.45, 7) is 5.59. The van der Waals surface area contributed by atoms with Crippen molar-refractivity contribution in [2.24, 2.45) is 0 Å². The van der Waals surface area contributed by atoms with Gasteiger partial charge < -0.3 is 10.0 Å². The molecule has 2 nitrogen and oxygen atoms in total. The molecule has 82 valence electrons. The van der Waals surface area contributed by atoms with Crippen LogP contribution in [0.2, 0.25) is 0 Å². The third-order valence-corrected chi connectivity index (χ3v) is 3.27. The van der Waals surface area contributed by atoms with Gasteiger partial charge in [0.25, 0.3) is 0 Å². The third kappa shape index (κ3) is 2.00. The molecule has 0 saturated carbocycles. The largest absolute Gasteiger partial charge is 0.392 e. The zero-order chi connectivity index (χ0) is 10.8. The van der Waals surface area contributed by atoms with Crippen molar-refractivity contribution in [1.82, 2.24) is 0 Å². The van der Waals surface area contributed by atoms with Gasteiger partial charge in [-0.2, -0.15) is 0 Å². The van der Waals surface area contributed by atoms with Crippen molar-refractivity contribution in [3.8, 4) is 0 Å². The molecule has 1 aliphatic rings. The lowest BCUT2D eigenvalue weighted by molar-refractivity contribution is 0.282. The molecule has 15 heavy (non-hydrogen) atoms. The summed E-state index contributed by atoms with van der Waals surface area (Å²) >= 11 is 0. The minimum Gasteiger partial charge on any atom is -0.392 e. The summed E-state index contributed by atoms with van der Waals surface area (Å²) in [7, 11) is 0. The molecule has 1 N–H and O–H groups in total. The van der Waals surface area contributed by atoms with Crippen LogP contribution in [-0.2, 0) is 6.61 Å². The van der Waals surface area contributed by atoms with Gasteiger partial charge in [-0.1, -0.05) is 17.7 Å². The molecular formula is C13H19NO. The Bertz CT molecular complexity index is 348. The second-order valence-corrected chi connectivity index (χ2v) is 4.47. The third-order valence-electron chi connectivity index (χ3n) is 3.27. The second kappa shape index (κ2) is 4.23. The van der Waals surface area contributed by atoms with Crippen LogP contribution in [-0.4, -0.2) is 17.7 Å². The molecule has 1 aromatic carbocycles. The van der Waals surface area contributed by atoms with E-state index in [0.29, 0.717) is 6.04 Å². The van der Waals surface area contributed by atoms with E-state index in [4.69, 9.17) is 0 Å². The first-order valence-corrected chi connectivity index (χ1v) is 5.69. The molecule has 1 saturated heterocycles. The quantitative estimate of drug-likeness (QED) is 0.801. The Balaban J connectivity index is 2.34. The number of rotatable bonds is 2. The fraction of sp³-hybridized carbons (Fsp3) is 0.538. The van der Waals surface area contributed by atoms with E-state index in [1.54, 1.807) is 0 Å². The van der Waals surface area contributed by atoms with Crippen LogP contribution in [0, 0.1) is 6.92 Å². The number of hydrogen-bond donors (Lipinski definition) is 1. The lowest BCUT2D eigenvalue weighted by atomic mass is 10.1. The molecule has 1 fully saturated rings. The predicted molar refractivity (Wildman–Crippen MR) is 63.1 cm³/mol. The van der Waals surface area contributed by atoms with Gasteiger partial charge in [0.1, 0.15) is 0 Å². The molecule has 1 unspecified atom stereocenters. The first kappa shape index (κ1) is 10.5.